The van der Waals surface area contributed by atoms with Crippen molar-refractivity contribution in [1.82, 2.24) is 4.72 Å². The van der Waals surface area contributed by atoms with Gasteiger partial charge in [-0.3, -0.25) is 4.79 Å². The summed E-state index contributed by atoms with van der Waals surface area (Å²) in [4.78, 5) is 12.4. The predicted octanol–water partition coefficient (Wildman–Crippen LogP) is 2.47. The third-order valence-electron chi connectivity index (χ3n) is 3.09. The van der Waals surface area contributed by atoms with Crippen molar-refractivity contribution in [1.29, 1.82) is 0 Å². The van der Waals surface area contributed by atoms with E-state index in [1.165, 1.54) is 25.3 Å². The Morgan fingerprint density at radius 3 is 2.62 bits per heavy atom. The predicted molar refractivity (Wildman–Crippen MR) is 101 cm³/mol. The Bertz CT molecular complexity index is 824. The van der Waals surface area contributed by atoms with Gasteiger partial charge in [0.1, 0.15) is 0 Å². The van der Waals surface area contributed by atoms with Crippen LogP contribution in [-0.4, -0.2) is 34.6 Å². The Morgan fingerprint density at radius 1 is 1.17 bits per heavy atom. The summed E-state index contributed by atoms with van der Waals surface area (Å²) in [7, 11) is -2.19. The molecule has 0 spiro atoms. The molecule has 0 aliphatic heterocycles. The molecule has 2 aromatic rings. The molecule has 128 valence electrons. The first-order valence-electron chi connectivity index (χ1n) is 7.08. The van der Waals surface area contributed by atoms with Gasteiger partial charge in [0.15, 0.2) is 0 Å². The molecule has 0 unspecified atom stereocenters. The van der Waals surface area contributed by atoms with E-state index in [9.17, 15) is 13.2 Å². The van der Waals surface area contributed by atoms with Gasteiger partial charge in [0, 0.05) is 28.5 Å². The van der Waals surface area contributed by atoms with Crippen molar-refractivity contribution in [2.75, 3.05) is 25.6 Å². The van der Waals surface area contributed by atoms with Crippen molar-refractivity contribution < 1.29 is 17.9 Å². The van der Waals surface area contributed by atoms with Gasteiger partial charge in [-0.25, -0.2) is 13.1 Å². The van der Waals surface area contributed by atoms with Crippen molar-refractivity contribution in [3.05, 3.63) is 57.7 Å². The monoisotopic (exact) mass is 460 g/mol. The molecule has 0 bridgehead atoms. The molecule has 0 fully saturated rings. The lowest BCUT2D eigenvalue weighted by Gasteiger charge is -2.09. The lowest BCUT2D eigenvalue weighted by Crippen LogP contribution is -2.27. The fourth-order valence-electron chi connectivity index (χ4n) is 1.94. The summed E-state index contributed by atoms with van der Waals surface area (Å²) in [6.07, 6.45) is 0. The third-order valence-corrected chi connectivity index (χ3v) is 5.22. The molecule has 0 atom stereocenters. The van der Waals surface area contributed by atoms with E-state index < -0.39 is 10.0 Å². The number of carbonyl (C=O) groups excluding carboxylic acids is 1. The Morgan fingerprint density at radius 2 is 1.92 bits per heavy atom. The minimum absolute atomic E-state index is 0.0360. The van der Waals surface area contributed by atoms with Gasteiger partial charge in [0.25, 0.3) is 5.91 Å². The van der Waals surface area contributed by atoms with Crippen molar-refractivity contribution in [3.8, 4) is 0 Å². The van der Waals surface area contributed by atoms with Crippen LogP contribution in [0.4, 0.5) is 5.69 Å². The first-order chi connectivity index (χ1) is 11.4. The normalized spacial score (nSPS) is 11.2. The molecule has 6 nitrogen and oxygen atoms in total. The van der Waals surface area contributed by atoms with Crippen LogP contribution in [0.2, 0.25) is 0 Å². The summed E-state index contributed by atoms with van der Waals surface area (Å²) >= 11 is 2.15. The van der Waals surface area contributed by atoms with Gasteiger partial charge in [-0.1, -0.05) is 12.1 Å². The van der Waals surface area contributed by atoms with Crippen molar-refractivity contribution in [3.63, 3.8) is 0 Å². The van der Waals surface area contributed by atoms with Crippen molar-refractivity contribution >= 4 is 44.2 Å². The minimum atomic E-state index is -3.68. The number of halogens is 1. The van der Waals surface area contributed by atoms with Crippen LogP contribution in [0.3, 0.4) is 0 Å². The Hall–Kier alpha value is -1.49. The average molecular weight is 460 g/mol. The van der Waals surface area contributed by atoms with E-state index in [4.69, 9.17) is 4.74 Å². The third kappa shape index (κ3) is 5.26. The molecule has 2 aromatic carbocycles. The number of carbonyl (C=O) groups is 1. The largest absolute Gasteiger partial charge is 0.383 e. The number of rotatable bonds is 7. The highest BCUT2D eigenvalue weighted by atomic mass is 127. The summed E-state index contributed by atoms with van der Waals surface area (Å²) in [5, 5.41) is 2.75. The summed E-state index contributed by atoms with van der Waals surface area (Å²) in [6, 6.07) is 13.2. The smallest absolute Gasteiger partial charge is 0.255 e. The molecule has 1 amide bonds. The summed E-state index contributed by atoms with van der Waals surface area (Å²) in [5.41, 5.74) is 0.918. The maximum absolute atomic E-state index is 12.3. The zero-order chi connectivity index (χ0) is 17.6. The number of hydrogen-bond donors (Lipinski definition) is 2. The van der Waals surface area contributed by atoms with Gasteiger partial charge in [-0.2, -0.15) is 0 Å². The van der Waals surface area contributed by atoms with E-state index in [-0.39, 0.29) is 29.5 Å². The van der Waals surface area contributed by atoms with E-state index in [1.54, 1.807) is 12.1 Å². The number of amides is 1. The van der Waals surface area contributed by atoms with Gasteiger partial charge in [0.05, 0.1) is 11.5 Å². The summed E-state index contributed by atoms with van der Waals surface area (Å²) < 4.78 is 32.6. The molecule has 0 aliphatic rings. The molecule has 0 radical (unpaired) electrons. The quantitative estimate of drug-likeness (QED) is 0.491. The van der Waals surface area contributed by atoms with Crippen LogP contribution < -0.4 is 10.0 Å². The van der Waals surface area contributed by atoms with Crippen LogP contribution in [-0.2, 0) is 14.8 Å². The van der Waals surface area contributed by atoms with E-state index >= 15 is 0 Å². The van der Waals surface area contributed by atoms with Gasteiger partial charge in [-0.15, -0.1) is 0 Å². The number of methoxy groups -OCH3 is 1. The zero-order valence-corrected chi connectivity index (χ0v) is 15.9. The molecule has 0 aromatic heterocycles. The van der Waals surface area contributed by atoms with Crippen LogP contribution in [0.1, 0.15) is 10.4 Å². The van der Waals surface area contributed by atoms with Gasteiger partial charge in [-0.05, 0) is 59.0 Å². The first kappa shape index (κ1) is 18.8. The number of anilines is 1. The fourth-order valence-corrected chi connectivity index (χ4v) is 3.54. The maximum atomic E-state index is 12.3. The van der Waals surface area contributed by atoms with E-state index in [0.717, 1.165) is 3.57 Å². The maximum Gasteiger partial charge on any atom is 0.255 e. The second kappa shape index (κ2) is 8.56. The van der Waals surface area contributed by atoms with E-state index in [1.807, 2.05) is 18.2 Å². The lowest BCUT2D eigenvalue weighted by atomic mass is 10.2. The Labute approximate surface area is 154 Å². The number of ether oxygens (including phenoxy) is 1. The number of nitrogens with one attached hydrogen (secondary N) is 2. The second-order valence-corrected chi connectivity index (χ2v) is 7.90. The van der Waals surface area contributed by atoms with E-state index in [2.05, 4.69) is 32.6 Å². The molecule has 0 saturated heterocycles. The van der Waals surface area contributed by atoms with Crippen molar-refractivity contribution in [2.24, 2.45) is 0 Å². The number of benzene rings is 2. The summed E-state index contributed by atoms with van der Waals surface area (Å²) in [6.45, 7) is 0.434. The van der Waals surface area contributed by atoms with Gasteiger partial charge < -0.3 is 10.1 Å². The van der Waals surface area contributed by atoms with Gasteiger partial charge >= 0.3 is 0 Å². The highest BCUT2D eigenvalue weighted by molar-refractivity contribution is 14.1. The molecule has 0 saturated carbocycles. The van der Waals surface area contributed by atoms with Gasteiger partial charge in [0.2, 0.25) is 10.0 Å². The van der Waals surface area contributed by atoms with Crippen LogP contribution in [0, 0.1) is 3.57 Å². The second-order valence-electron chi connectivity index (χ2n) is 4.88. The first-order valence-corrected chi connectivity index (χ1v) is 9.64. The molecule has 24 heavy (non-hydrogen) atoms. The zero-order valence-electron chi connectivity index (χ0n) is 13.0. The molecular weight excluding hydrogens is 443 g/mol. The summed E-state index contributed by atoms with van der Waals surface area (Å²) in [5.74, 6) is -0.369. The lowest BCUT2D eigenvalue weighted by molar-refractivity contribution is 0.102. The van der Waals surface area contributed by atoms with Crippen LogP contribution >= 0.6 is 22.6 Å². The van der Waals surface area contributed by atoms with Crippen LogP contribution in [0.5, 0.6) is 0 Å². The average Bonchev–Trinajstić information content (AvgIpc) is 2.55. The highest BCUT2D eigenvalue weighted by Gasteiger charge is 2.16. The molecule has 0 heterocycles. The Balaban J connectivity index is 2.16. The van der Waals surface area contributed by atoms with E-state index in [0.29, 0.717) is 5.69 Å². The molecule has 8 heteroatoms. The van der Waals surface area contributed by atoms with Crippen LogP contribution in [0.25, 0.3) is 0 Å². The number of sulfonamides is 1. The minimum Gasteiger partial charge on any atom is -0.383 e. The molecular formula is C16H17IN2O4S. The molecule has 2 N–H and O–H groups in total. The number of hydrogen-bond acceptors (Lipinski definition) is 4. The van der Waals surface area contributed by atoms with Crippen LogP contribution in [0.15, 0.2) is 53.4 Å². The SMILES string of the molecule is COCCNS(=O)(=O)c1cccc(C(=O)Nc2cccc(I)c2)c1. The Kier molecular flexibility index (Phi) is 6.72. The standard InChI is InChI=1S/C16H17IN2O4S/c1-23-9-8-18-24(21,22)15-7-2-4-12(10-15)16(20)19-14-6-3-5-13(17)11-14/h2-7,10-11,18H,8-9H2,1H3,(H,19,20). The highest BCUT2D eigenvalue weighted by Crippen LogP contribution is 2.16. The molecule has 2 rings (SSSR count). The topological polar surface area (TPSA) is 84.5 Å². The fraction of sp³-hybridized carbons (Fsp3) is 0.188. The molecule has 0 aliphatic carbocycles. The van der Waals surface area contributed by atoms with Crippen molar-refractivity contribution in [2.45, 2.75) is 4.90 Å².